The first-order valence-corrected chi connectivity index (χ1v) is 8.91. The first kappa shape index (κ1) is 23.4. The molecule has 0 aliphatic heterocycles. The highest BCUT2D eigenvalue weighted by atomic mass is 127. The minimum absolute atomic E-state index is 0. The molecule has 11 heteroatoms. The molecule has 150 valence electrons. The van der Waals surface area contributed by atoms with Gasteiger partial charge in [-0.2, -0.15) is 13.2 Å². The Labute approximate surface area is 177 Å². The Morgan fingerprint density at radius 1 is 1.19 bits per heavy atom. The number of thiophene rings is 1. The fraction of sp³-hybridized carbons (Fsp3) is 0.438. The lowest BCUT2D eigenvalue weighted by Gasteiger charge is -2.12. The third-order valence-electron chi connectivity index (χ3n) is 3.18. The number of rotatable bonds is 7. The van der Waals surface area contributed by atoms with Gasteiger partial charge < -0.3 is 16.0 Å². The lowest BCUT2D eigenvalue weighted by atomic mass is 10.4. The van der Waals surface area contributed by atoms with E-state index in [1.807, 2.05) is 19.9 Å². The fourth-order valence-electron chi connectivity index (χ4n) is 2.03. The van der Waals surface area contributed by atoms with Gasteiger partial charge in [-0.05, 0) is 32.0 Å². The monoisotopic (exact) mass is 514 g/mol. The Balaban J connectivity index is 0.00000364. The third-order valence-corrected chi connectivity index (χ3v) is 4.17. The number of nitrogens with one attached hydrogen (secondary N) is 3. The lowest BCUT2D eigenvalue weighted by molar-refractivity contribution is -0.141. The Kier molecular flexibility index (Phi) is 9.77. The number of alkyl halides is 3. The van der Waals surface area contributed by atoms with Crippen molar-refractivity contribution in [3.8, 4) is 0 Å². The number of guanidine groups is 1. The molecule has 0 saturated heterocycles. The van der Waals surface area contributed by atoms with Gasteiger partial charge in [-0.15, -0.1) is 35.3 Å². The molecule has 0 radical (unpaired) electrons. The van der Waals surface area contributed by atoms with Crippen LogP contribution in [0.4, 0.5) is 19.1 Å². The van der Waals surface area contributed by atoms with E-state index in [2.05, 4.69) is 37.0 Å². The van der Waals surface area contributed by atoms with Gasteiger partial charge in [-0.3, -0.25) is 0 Å². The van der Waals surface area contributed by atoms with Gasteiger partial charge in [0.2, 0.25) is 5.95 Å². The van der Waals surface area contributed by atoms with Gasteiger partial charge in [-0.1, -0.05) is 0 Å². The smallest absolute Gasteiger partial charge is 0.357 e. The van der Waals surface area contributed by atoms with Crippen LogP contribution >= 0.6 is 35.3 Å². The van der Waals surface area contributed by atoms with Crippen LogP contribution in [0, 0.1) is 6.92 Å². The highest BCUT2D eigenvalue weighted by Crippen LogP contribution is 2.27. The number of nitrogens with zero attached hydrogens (tertiary/aromatic N) is 3. The zero-order valence-electron chi connectivity index (χ0n) is 14.9. The molecule has 0 bridgehead atoms. The van der Waals surface area contributed by atoms with Crippen molar-refractivity contribution in [2.24, 2.45) is 4.99 Å². The van der Waals surface area contributed by atoms with E-state index < -0.39 is 11.9 Å². The summed E-state index contributed by atoms with van der Waals surface area (Å²) in [6.07, 6.45) is -3.40. The van der Waals surface area contributed by atoms with Crippen molar-refractivity contribution in [1.29, 1.82) is 0 Å². The number of hydrogen-bond acceptors (Lipinski definition) is 5. The Hall–Kier alpha value is -1.63. The molecule has 27 heavy (non-hydrogen) atoms. The Bertz CT molecular complexity index is 735. The normalized spacial score (nSPS) is 11.7. The molecule has 0 fully saturated rings. The van der Waals surface area contributed by atoms with Crippen LogP contribution in [-0.4, -0.2) is 35.6 Å². The molecule has 2 heterocycles. The molecule has 0 spiro atoms. The molecule has 2 aromatic heterocycles. The number of hydrogen-bond donors (Lipinski definition) is 3. The summed E-state index contributed by atoms with van der Waals surface area (Å²) >= 11 is 1.69. The molecule has 0 aromatic carbocycles. The van der Waals surface area contributed by atoms with Gasteiger partial charge in [0.05, 0.1) is 6.54 Å². The highest BCUT2D eigenvalue weighted by molar-refractivity contribution is 14.0. The van der Waals surface area contributed by atoms with Crippen LogP contribution in [-0.2, 0) is 12.7 Å². The summed E-state index contributed by atoms with van der Waals surface area (Å²) in [7, 11) is 0. The predicted molar refractivity (Wildman–Crippen MR) is 113 cm³/mol. The van der Waals surface area contributed by atoms with Crippen molar-refractivity contribution < 1.29 is 13.2 Å². The van der Waals surface area contributed by atoms with Gasteiger partial charge in [0, 0.05) is 35.6 Å². The summed E-state index contributed by atoms with van der Waals surface area (Å²) in [4.78, 5) is 14.1. The zero-order valence-corrected chi connectivity index (χ0v) is 18.1. The standard InChI is InChI=1S/C16H21F3N6S.HI/c1-3-20-14(24-10-12-5-4-11(2)26-12)22-8-9-23-15-21-7-6-13(25-15)16(17,18)19;/h4-7H,3,8-10H2,1-2H3,(H2,20,22,24)(H,21,23,25);1H. The second-order valence-electron chi connectivity index (χ2n) is 5.32. The van der Waals surface area contributed by atoms with Crippen LogP contribution in [0.25, 0.3) is 0 Å². The van der Waals surface area contributed by atoms with Gasteiger partial charge in [0.1, 0.15) is 5.69 Å². The maximum atomic E-state index is 12.6. The van der Waals surface area contributed by atoms with Crippen LogP contribution in [0.3, 0.4) is 0 Å². The van der Waals surface area contributed by atoms with Gasteiger partial charge >= 0.3 is 6.18 Å². The SMILES string of the molecule is CCNC(=NCc1ccc(C)s1)NCCNc1nccc(C(F)(F)F)n1.I. The number of aryl methyl sites for hydroxylation is 1. The minimum atomic E-state index is -4.48. The summed E-state index contributed by atoms with van der Waals surface area (Å²) in [5, 5.41) is 9.01. The molecular weight excluding hydrogens is 492 g/mol. The Morgan fingerprint density at radius 3 is 2.59 bits per heavy atom. The minimum Gasteiger partial charge on any atom is -0.357 e. The van der Waals surface area contributed by atoms with Crippen molar-refractivity contribution >= 4 is 47.2 Å². The number of anilines is 1. The zero-order chi connectivity index (χ0) is 19.0. The number of aliphatic imine (C=N–C) groups is 1. The molecule has 6 nitrogen and oxygen atoms in total. The second-order valence-corrected chi connectivity index (χ2v) is 6.70. The summed E-state index contributed by atoms with van der Waals surface area (Å²) in [6, 6.07) is 4.93. The maximum Gasteiger partial charge on any atom is 0.433 e. The van der Waals surface area contributed by atoms with Crippen molar-refractivity contribution in [1.82, 2.24) is 20.6 Å². The molecule has 0 aliphatic carbocycles. The Morgan fingerprint density at radius 2 is 1.96 bits per heavy atom. The third kappa shape index (κ3) is 8.28. The molecule has 0 atom stereocenters. The highest BCUT2D eigenvalue weighted by Gasteiger charge is 2.32. The second kappa shape index (κ2) is 11.3. The van der Waals surface area contributed by atoms with Crippen LogP contribution in [0.5, 0.6) is 0 Å². The van der Waals surface area contributed by atoms with Crippen molar-refractivity contribution in [3.05, 3.63) is 39.8 Å². The average molecular weight is 514 g/mol. The molecule has 0 aliphatic rings. The fourth-order valence-corrected chi connectivity index (χ4v) is 2.84. The molecule has 3 N–H and O–H groups in total. The molecular formula is C16H22F3IN6S. The van der Waals surface area contributed by atoms with E-state index in [0.29, 0.717) is 32.1 Å². The average Bonchev–Trinajstić information content (AvgIpc) is 3.01. The quantitative estimate of drug-likeness (QED) is 0.228. The molecule has 2 rings (SSSR count). The van der Waals surface area contributed by atoms with E-state index in [1.165, 1.54) is 4.88 Å². The van der Waals surface area contributed by atoms with Crippen LogP contribution in [0.15, 0.2) is 29.4 Å². The van der Waals surface area contributed by atoms with E-state index in [1.54, 1.807) is 11.3 Å². The van der Waals surface area contributed by atoms with Gasteiger partial charge in [0.15, 0.2) is 5.96 Å². The van der Waals surface area contributed by atoms with Crippen LogP contribution in [0.1, 0.15) is 22.4 Å². The van der Waals surface area contributed by atoms with Crippen molar-refractivity contribution in [3.63, 3.8) is 0 Å². The summed E-state index contributed by atoms with van der Waals surface area (Å²) in [6.45, 7) is 6.08. The first-order valence-electron chi connectivity index (χ1n) is 8.10. The summed E-state index contributed by atoms with van der Waals surface area (Å²) in [5.41, 5.74) is -0.968. The van der Waals surface area contributed by atoms with E-state index in [4.69, 9.17) is 0 Å². The largest absolute Gasteiger partial charge is 0.433 e. The summed E-state index contributed by atoms with van der Waals surface area (Å²) in [5.74, 6) is 0.586. The lowest BCUT2D eigenvalue weighted by Crippen LogP contribution is -2.39. The van der Waals surface area contributed by atoms with Crippen LogP contribution < -0.4 is 16.0 Å². The molecule has 0 amide bonds. The van der Waals surface area contributed by atoms with E-state index in [0.717, 1.165) is 17.1 Å². The van der Waals surface area contributed by atoms with Gasteiger partial charge in [-0.25, -0.2) is 15.0 Å². The van der Waals surface area contributed by atoms with Gasteiger partial charge in [0.25, 0.3) is 0 Å². The molecule has 0 saturated carbocycles. The van der Waals surface area contributed by atoms with Crippen LogP contribution in [0.2, 0.25) is 0 Å². The molecule has 2 aromatic rings. The van der Waals surface area contributed by atoms with E-state index in [9.17, 15) is 13.2 Å². The van der Waals surface area contributed by atoms with E-state index in [-0.39, 0.29) is 29.9 Å². The first-order chi connectivity index (χ1) is 12.4. The maximum absolute atomic E-state index is 12.6. The van der Waals surface area contributed by atoms with Crippen molar-refractivity contribution in [2.45, 2.75) is 26.6 Å². The summed E-state index contributed by atoms with van der Waals surface area (Å²) < 4.78 is 37.9. The number of aromatic nitrogens is 2. The van der Waals surface area contributed by atoms with E-state index >= 15 is 0 Å². The van der Waals surface area contributed by atoms with Crippen molar-refractivity contribution in [2.75, 3.05) is 25.0 Å². The molecule has 0 unspecified atom stereocenters. The topological polar surface area (TPSA) is 74.2 Å². The number of halogens is 4. The predicted octanol–water partition coefficient (Wildman–Crippen LogP) is 3.65.